The molecule has 18 heavy (non-hydrogen) atoms. The van der Waals surface area contributed by atoms with E-state index in [0.717, 1.165) is 0 Å². The predicted molar refractivity (Wildman–Crippen MR) is 62.7 cm³/mol. The van der Waals surface area contributed by atoms with Gasteiger partial charge in [0.25, 0.3) is 0 Å². The summed E-state index contributed by atoms with van der Waals surface area (Å²) in [5, 5.41) is 2.85. The standard InChI is InChI=1S/C8H15N7O3/c1-17-8-13-6(12-7(14-8)15-10)11-2-3-18-4-5(9)16/h2-4,10H2,1H3,(H2,9,16)(H2,11,12,13,14,15). The first-order chi connectivity index (χ1) is 8.65. The van der Waals surface area contributed by atoms with Crippen molar-refractivity contribution in [2.45, 2.75) is 0 Å². The van der Waals surface area contributed by atoms with Crippen LogP contribution in [-0.4, -0.2) is 47.7 Å². The molecule has 0 aromatic carbocycles. The van der Waals surface area contributed by atoms with E-state index in [1.54, 1.807) is 0 Å². The Morgan fingerprint density at radius 3 is 2.67 bits per heavy atom. The number of nitrogens with one attached hydrogen (secondary N) is 2. The van der Waals surface area contributed by atoms with Crippen LogP contribution in [0.2, 0.25) is 0 Å². The minimum Gasteiger partial charge on any atom is -0.467 e. The second-order valence-corrected chi connectivity index (χ2v) is 3.06. The highest BCUT2D eigenvalue weighted by Crippen LogP contribution is 2.09. The highest BCUT2D eigenvalue weighted by atomic mass is 16.5. The number of hydrazine groups is 1. The summed E-state index contributed by atoms with van der Waals surface area (Å²) in [7, 11) is 1.43. The van der Waals surface area contributed by atoms with Gasteiger partial charge in [-0.3, -0.25) is 10.2 Å². The Morgan fingerprint density at radius 1 is 1.33 bits per heavy atom. The van der Waals surface area contributed by atoms with Crippen LogP contribution in [-0.2, 0) is 9.53 Å². The molecule has 0 bridgehead atoms. The number of hydrogen-bond acceptors (Lipinski definition) is 9. The maximum absolute atomic E-state index is 10.4. The Morgan fingerprint density at radius 2 is 2.06 bits per heavy atom. The van der Waals surface area contributed by atoms with Crippen LogP contribution < -0.4 is 27.1 Å². The average molecular weight is 257 g/mol. The summed E-state index contributed by atoms with van der Waals surface area (Å²) in [4.78, 5) is 22.1. The molecule has 100 valence electrons. The van der Waals surface area contributed by atoms with E-state index in [-0.39, 0.29) is 31.1 Å². The van der Waals surface area contributed by atoms with Crippen LogP contribution in [0.4, 0.5) is 11.9 Å². The second-order valence-electron chi connectivity index (χ2n) is 3.06. The molecule has 1 rings (SSSR count). The number of nitrogens with zero attached hydrogens (tertiary/aromatic N) is 3. The maximum atomic E-state index is 10.4. The summed E-state index contributed by atoms with van der Waals surface area (Å²) in [6.45, 7) is 0.546. The summed E-state index contributed by atoms with van der Waals surface area (Å²) in [5.74, 6) is 5.11. The first kappa shape index (κ1) is 13.9. The highest BCUT2D eigenvalue weighted by Gasteiger charge is 2.05. The number of ether oxygens (including phenoxy) is 2. The molecule has 0 radical (unpaired) electrons. The topological polar surface area (TPSA) is 150 Å². The molecule has 0 aliphatic carbocycles. The van der Waals surface area contributed by atoms with Crippen molar-refractivity contribution in [1.82, 2.24) is 15.0 Å². The lowest BCUT2D eigenvalue weighted by Crippen LogP contribution is -2.21. The van der Waals surface area contributed by atoms with Gasteiger partial charge in [-0.1, -0.05) is 0 Å². The molecular formula is C8H15N7O3. The van der Waals surface area contributed by atoms with Crippen molar-refractivity contribution in [3.05, 3.63) is 0 Å². The first-order valence-electron chi connectivity index (χ1n) is 5.02. The number of hydrogen-bond donors (Lipinski definition) is 4. The van der Waals surface area contributed by atoms with E-state index in [2.05, 4.69) is 25.7 Å². The largest absolute Gasteiger partial charge is 0.467 e. The molecular weight excluding hydrogens is 242 g/mol. The van der Waals surface area contributed by atoms with Crippen LogP contribution in [0.15, 0.2) is 0 Å². The zero-order valence-electron chi connectivity index (χ0n) is 9.84. The molecule has 0 aliphatic rings. The van der Waals surface area contributed by atoms with Crippen molar-refractivity contribution in [2.24, 2.45) is 11.6 Å². The number of nitrogen functional groups attached to an aromatic ring is 1. The van der Waals surface area contributed by atoms with E-state index in [4.69, 9.17) is 21.1 Å². The summed E-state index contributed by atoms with van der Waals surface area (Å²) >= 11 is 0. The molecule has 1 aromatic rings. The fraction of sp³-hybridized carbons (Fsp3) is 0.500. The van der Waals surface area contributed by atoms with Gasteiger partial charge in [-0.15, -0.1) is 0 Å². The van der Waals surface area contributed by atoms with Crippen LogP contribution in [0.1, 0.15) is 0 Å². The van der Waals surface area contributed by atoms with Gasteiger partial charge in [-0.05, 0) is 0 Å². The molecule has 0 fully saturated rings. The van der Waals surface area contributed by atoms with Crippen molar-refractivity contribution >= 4 is 17.8 Å². The second kappa shape index (κ2) is 7.19. The van der Waals surface area contributed by atoms with Gasteiger partial charge in [0.15, 0.2) is 0 Å². The predicted octanol–water partition coefficient (Wildman–Crippen LogP) is -1.92. The van der Waals surface area contributed by atoms with Gasteiger partial charge >= 0.3 is 6.01 Å². The van der Waals surface area contributed by atoms with E-state index in [1.165, 1.54) is 7.11 Å². The summed E-state index contributed by atoms with van der Waals surface area (Å²) in [6.07, 6.45) is 0. The summed E-state index contributed by atoms with van der Waals surface area (Å²) in [5.41, 5.74) is 7.19. The van der Waals surface area contributed by atoms with Crippen LogP contribution in [0.3, 0.4) is 0 Å². The molecule has 1 heterocycles. The third-order valence-electron chi connectivity index (χ3n) is 1.70. The van der Waals surface area contributed by atoms with Gasteiger partial charge in [0.1, 0.15) is 6.61 Å². The molecule has 0 atom stereocenters. The molecule has 0 spiro atoms. The zero-order valence-corrected chi connectivity index (χ0v) is 9.84. The monoisotopic (exact) mass is 257 g/mol. The Labute approximate surface area is 103 Å². The quantitative estimate of drug-likeness (QED) is 0.237. The highest BCUT2D eigenvalue weighted by molar-refractivity contribution is 5.74. The zero-order chi connectivity index (χ0) is 13.4. The molecule has 0 aliphatic heterocycles. The molecule has 1 amide bonds. The van der Waals surface area contributed by atoms with Gasteiger partial charge in [0.2, 0.25) is 17.8 Å². The molecule has 0 saturated carbocycles. The van der Waals surface area contributed by atoms with Crippen molar-refractivity contribution in [1.29, 1.82) is 0 Å². The normalized spacial score (nSPS) is 9.89. The summed E-state index contributed by atoms with van der Waals surface area (Å²) < 4.78 is 9.82. The van der Waals surface area contributed by atoms with Gasteiger partial charge in [-0.25, -0.2) is 5.84 Å². The van der Waals surface area contributed by atoms with Gasteiger partial charge < -0.3 is 20.5 Å². The number of aromatic nitrogens is 3. The van der Waals surface area contributed by atoms with Crippen molar-refractivity contribution in [3.63, 3.8) is 0 Å². The lowest BCUT2D eigenvalue weighted by atomic mass is 10.6. The molecule has 1 aromatic heterocycles. The Balaban J connectivity index is 2.43. The van der Waals surface area contributed by atoms with E-state index < -0.39 is 5.91 Å². The fourth-order valence-corrected chi connectivity index (χ4v) is 0.999. The van der Waals surface area contributed by atoms with E-state index >= 15 is 0 Å². The minimum atomic E-state index is -0.522. The number of carbonyl (C=O) groups excluding carboxylic acids is 1. The maximum Gasteiger partial charge on any atom is 0.322 e. The number of primary amides is 1. The van der Waals surface area contributed by atoms with Gasteiger partial charge in [-0.2, -0.15) is 15.0 Å². The van der Waals surface area contributed by atoms with E-state index in [1.807, 2.05) is 0 Å². The smallest absolute Gasteiger partial charge is 0.322 e. The SMILES string of the molecule is COc1nc(NN)nc(NCCOCC(N)=O)n1. The molecule has 6 N–H and O–H groups in total. The third kappa shape index (κ3) is 4.76. The van der Waals surface area contributed by atoms with Crippen LogP contribution in [0.5, 0.6) is 6.01 Å². The number of rotatable bonds is 8. The average Bonchev–Trinajstić information content (AvgIpc) is 2.37. The lowest BCUT2D eigenvalue weighted by Gasteiger charge is -2.07. The first-order valence-corrected chi connectivity index (χ1v) is 5.02. The minimum absolute atomic E-state index is 0.124. The number of methoxy groups -OCH3 is 1. The number of anilines is 2. The number of nitrogens with two attached hydrogens (primary N) is 2. The molecule has 10 nitrogen and oxygen atoms in total. The number of amides is 1. The van der Waals surface area contributed by atoms with Crippen LogP contribution in [0.25, 0.3) is 0 Å². The van der Waals surface area contributed by atoms with Crippen molar-refractivity contribution in [3.8, 4) is 6.01 Å². The molecule has 0 saturated heterocycles. The van der Waals surface area contributed by atoms with Crippen molar-refractivity contribution in [2.75, 3.05) is 37.6 Å². The third-order valence-corrected chi connectivity index (χ3v) is 1.70. The Hall–Kier alpha value is -2.20. The van der Waals surface area contributed by atoms with Gasteiger partial charge in [0.05, 0.1) is 13.7 Å². The summed E-state index contributed by atoms with van der Waals surface area (Å²) in [6, 6.07) is 0.124. The molecule has 10 heteroatoms. The van der Waals surface area contributed by atoms with Gasteiger partial charge in [0, 0.05) is 6.54 Å². The molecule has 0 unspecified atom stereocenters. The van der Waals surface area contributed by atoms with Crippen LogP contribution >= 0.6 is 0 Å². The van der Waals surface area contributed by atoms with Crippen LogP contribution in [0, 0.1) is 0 Å². The lowest BCUT2D eigenvalue weighted by molar-refractivity contribution is -0.122. The van der Waals surface area contributed by atoms with Crippen molar-refractivity contribution < 1.29 is 14.3 Å². The van der Waals surface area contributed by atoms with E-state index in [0.29, 0.717) is 6.54 Å². The number of carbonyl (C=O) groups is 1. The fourth-order valence-electron chi connectivity index (χ4n) is 0.999. The van der Waals surface area contributed by atoms with E-state index in [9.17, 15) is 4.79 Å². The Kier molecular flexibility index (Phi) is 5.54. The Bertz CT molecular complexity index is 378.